The molecular formula is C49H50Cl2FN7O6. The number of piperidine rings is 1. The first-order valence-electron chi connectivity index (χ1n) is 22.3. The van der Waals surface area contributed by atoms with Gasteiger partial charge in [-0.15, -0.1) is 0 Å². The van der Waals surface area contributed by atoms with Crippen LogP contribution in [-0.4, -0.2) is 68.7 Å². The quantitative estimate of drug-likeness (QED) is 0.0786. The van der Waals surface area contributed by atoms with Gasteiger partial charge in [-0.25, -0.2) is 9.18 Å². The Kier molecular flexibility index (Phi) is 12.0. The van der Waals surface area contributed by atoms with E-state index in [1.54, 1.807) is 55.6 Å². The van der Waals surface area contributed by atoms with Crippen LogP contribution >= 0.6 is 23.2 Å². The van der Waals surface area contributed by atoms with Gasteiger partial charge in [-0.3, -0.25) is 43.3 Å². The maximum atomic E-state index is 16.4. The van der Waals surface area contributed by atoms with E-state index in [2.05, 4.69) is 21.3 Å². The minimum absolute atomic E-state index is 0.0988. The number of nitrogens with zero attached hydrogens (tertiary/aromatic N) is 3. The summed E-state index contributed by atoms with van der Waals surface area (Å²) in [7, 11) is 3.54. The predicted molar refractivity (Wildman–Crippen MR) is 247 cm³/mol. The number of hydrogen-bond acceptors (Lipinski definition) is 7. The topological polar surface area (TPSA) is 164 Å². The number of carbonyl (C=O) groups excluding carboxylic acids is 5. The van der Waals surface area contributed by atoms with Crippen molar-refractivity contribution in [2.75, 3.05) is 24.2 Å². The summed E-state index contributed by atoms with van der Waals surface area (Å²) in [4.78, 5) is 82.1. The lowest BCUT2D eigenvalue weighted by molar-refractivity contribution is -0.135. The highest BCUT2D eigenvalue weighted by molar-refractivity contribution is 6.31. The van der Waals surface area contributed by atoms with Gasteiger partial charge in [-0.05, 0) is 117 Å². The van der Waals surface area contributed by atoms with Crippen LogP contribution in [-0.2, 0) is 38.1 Å². The Bertz CT molecular complexity index is 2820. The van der Waals surface area contributed by atoms with Crippen molar-refractivity contribution in [1.29, 1.82) is 0 Å². The van der Waals surface area contributed by atoms with E-state index in [0.717, 1.165) is 56.0 Å². The summed E-state index contributed by atoms with van der Waals surface area (Å²) in [5, 5.41) is 11.8. The molecule has 1 saturated carbocycles. The Morgan fingerprint density at radius 1 is 0.862 bits per heavy atom. The molecule has 65 heavy (non-hydrogen) atoms. The number of hydrogen-bond donors (Lipinski definition) is 4. The average molecular weight is 923 g/mol. The zero-order valence-corrected chi connectivity index (χ0v) is 37.7. The molecule has 1 aromatic heterocycles. The van der Waals surface area contributed by atoms with E-state index < -0.39 is 46.6 Å². The fourth-order valence-electron chi connectivity index (χ4n) is 11.4. The first kappa shape index (κ1) is 44.4. The highest BCUT2D eigenvalue weighted by atomic mass is 35.5. The van der Waals surface area contributed by atoms with Gasteiger partial charge >= 0.3 is 5.69 Å². The molecule has 3 fully saturated rings. The molecule has 13 nitrogen and oxygen atoms in total. The van der Waals surface area contributed by atoms with E-state index in [9.17, 15) is 28.8 Å². The summed E-state index contributed by atoms with van der Waals surface area (Å²) in [6, 6.07) is 20.7. The first-order valence-corrected chi connectivity index (χ1v) is 23.0. The van der Waals surface area contributed by atoms with Crippen LogP contribution in [0.5, 0.6) is 0 Å². The number of aromatic nitrogens is 2. The number of rotatable bonds is 11. The number of imidazole rings is 1. The summed E-state index contributed by atoms with van der Waals surface area (Å²) in [5.74, 6) is -3.41. The number of nitrogens with one attached hydrogen (secondary N) is 4. The number of benzene rings is 4. The number of likely N-dealkylation sites (tertiary alicyclic amines) is 1. The Morgan fingerprint density at radius 2 is 1.63 bits per heavy atom. The van der Waals surface area contributed by atoms with Gasteiger partial charge in [-0.1, -0.05) is 73.2 Å². The van der Waals surface area contributed by atoms with Gasteiger partial charge in [0.15, 0.2) is 0 Å². The number of imide groups is 1. The van der Waals surface area contributed by atoms with Crippen molar-refractivity contribution < 1.29 is 28.4 Å². The number of carbonyl (C=O) groups is 5. The molecule has 2 saturated heterocycles. The van der Waals surface area contributed by atoms with Crippen LogP contribution in [0.1, 0.15) is 103 Å². The van der Waals surface area contributed by atoms with Crippen molar-refractivity contribution in [3.05, 3.63) is 127 Å². The van der Waals surface area contributed by atoms with Crippen LogP contribution in [0.2, 0.25) is 10.0 Å². The van der Waals surface area contributed by atoms with Crippen molar-refractivity contribution in [2.45, 2.75) is 99.6 Å². The van der Waals surface area contributed by atoms with Crippen LogP contribution in [0.3, 0.4) is 0 Å². The zero-order chi connectivity index (χ0) is 45.8. The van der Waals surface area contributed by atoms with Crippen LogP contribution < -0.4 is 27.0 Å². The molecule has 16 heteroatoms. The van der Waals surface area contributed by atoms with E-state index in [-0.39, 0.29) is 46.8 Å². The molecule has 1 aliphatic carbocycles. The predicted octanol–water partition coefficient (Wildman–Crippen LogP) is 7.54. The van der Waals surface area contributed by atoms with Crippen molar-refractivity contribution >= 4 is 75.1 Å². The van der Waals surface area contributed by atoms with Crippen LogP contribution in [0, 0.1) is 5.82 Å². The molecule has 4 heterocycles. The second-order valence-corrected chi connectivity index (χ2v) is 18.7. The third kappa shape index (κ3) is 7.43. The minimum atomic E-state index is -1.35. The number of halogens is 3. The lowest BCUT2D eigenvalue weighted by atomic mass is 9.55. The van der Waals surface area contributed by atoms with Crippen molar-refractivity contribution in [3.8, 4) is 0 Å². The molecule has 4 atom stereocenters. The van der Waals surface area contributed by atoms with Gasteiger partial charge in [0.25, 0.3) is 5.91 Å². The molecule has 4 N–H and O–H groups in total. The normalized spacial score (nSPS) is 22.6. The Hall–Kier alpha value is -5.83. The van der Waals surface area contributed by atoms with E-state index in [1.165, 1.54) is 15.2 Å². The summed E-state index contributed by atoms with van der Waals surface area (Å²) < 4.78 is 19.4. The summed E-state index contributed by atoms with van der Waals surface area (Å²) in [5.41, 5.74) is 2.20. The second-order valence-electron chi connectivity index (χ2n) is 17.9. The van der Waals surface area contributed by atoms with Crippen molar-refractivity contribution in [1.82, 2.24) is 24.7 Å². The third-order valence-electron chi connectivity index (χ3n) is 14.4. The number of anilines is 2. The molecule has 5 aromatic rings. The van der Waals surface area contributed by atoms with Crippen LogP contribution in [0.25, 0.3) is 11.0 Å². The van der Waals surface area contributed by atoms with E-state index in [4.69, 9.17) is 23.2 Å². The number of likely N-dealkylation sites (N-methyl/N-ethyl adjacent to an activating group) is 1. The van der Waals surface area contributed by atoms with Crippen molar-refractivity contribution in [3.63, 3.8) is 0 Å². The van der Waals surface area contributed by atoms with Crippen LogP contribution in [0.15, 0.2) is 83.7 Å². The smallest absolute Gasteiger partial charge is 0.329 e. The number of amides is 5. The molecule has 338 valence electrons. The SMILES string of the molecule is CN1[C@@H](C(=O)Nc2ccc(C(=O)NCCCCCc3ccc4c(c3)n(C)c(=O)n4C3CCC(=O)NC3=O)cc2)[C@H](c2cccc(Cl)c2F)[C@]2(C(=O)Nc3cc(Cl)ccc32)C12CCCCC2. The van der Waals surface area contributed by atoms with E-state index >= 15 is 4.39 Å². The van der Waals surface area contributed by atoms with Crippen LogP contribution in [0.4, 0.5) is 15.8 Å². The second kappa shape index (κ2) is 17.5. The van der Waals surface area contributed by atoms with Gasteiger partial charge < -0.3 is 16.0 Å². The Balaban J connectivity index is 0.852. The summed E-state index contributed by atoms with van der Waals surface area (Å²) in [6.45, 7) is 0.460. The Morgan fingerprint density at radius 3 is 2.38 bits per heavy atom. The molecule has 9 rings (SSSR count). The maximum absolute atomic E-state index is 16.4. The molecule has 3 aliphatic heterocycles. The minimum Gasteiger partial charge on any atom is -0.352 e. The summed E-state index contributed by atoms with van der Waals surface area (Å²) >= 11 is 12.8. The maximum Gasteiger partial charge on any atom is 0.329 e. The molecule has 5 amide bonds. The molecule has 4 aromatic carbocycles. The monoisotopic (exact) mass is 921 g/mol. The van der Waals surface area contributed by atoms with Gasteiger partial charge in [0, 0.05) is 53.4 Å². The molecular weight excluding hydrogens is 872 g/mol. The highest BCUT2D eigenvalue weighted by Crippen LogP contribution is 2.66. The van der Waals surface area contributed by atoms with Gasteiger partial charge in [0.05, 0.1) is 22.1 Å². The molecule has 0 bridgehead atoms. The van der Waals surface area contributed by atoms with Gasteiger partial charge in [0.1, 0.15) is 17.3 Å². The largest absolute Gasteiger partial charge is 0.352 e. The fourth-order valence-corrected chi connectivity index (χ4v) is 11.8. The fraction of sp³-hybridized carbons (Fsp3) is 0.388. The average Bonchev–Trinajstić information content (AvgIpc) is 3.80. The van der Waals surface area contributed by atoms with Crippen molar-refractivity contribution in [2.24, 2.45) is 7.05 Å². The number of fused-ring (bicyclic) bond motifs is 4. The third-order valence-corrected chi connectivity index (χ3v) is 14.9. The number of aryl methyl sites for hydroxylation is 2. The highest BCUT2D eigenvalue weighted by Gasteiger charge is 2.74. The molecule has 1 unspecified atom stereocenters. The van der Waals surface area contributed by atoms with Gasteiger partial charge in [-0.2, -0.15) is 0 Å². The first-order chi connectivity index (χ1) is 31.3. The lowest BCUT2D eigenvalue weighted by Gasteiger charge is -2.49. The Labute approximate surface area is 385 Å². The zero-order valence-electron chi connectivity index (χ0n) is 36.1. The molecule has 2 spiro atoms. The van der Waals surface area contributed by atoms with E-state index in [1.807, 2.05) is 36.2 Å². The lowest BCUT2D eigenvalue weighted by Crippen LogP contribution is -2.60. The van der Waals surface area contributed by atoms with E-state index in [0.29, 0.717) is 52.4 Å². The number of unbranched alkanes of at least 4 members (excludes halogenated alkanes) is 2. The molecule has 4 aliphatic rings. The van der Waals surface area contributed by atoms with Gasteiger partial charge in [0.2, 0.25) is 23.6 Å². The standard InChI is InChI=1S/C49H50Cl2FN7O6/c1-57-38-26-28(13-20-36(38)59(47(57)65)37-21-22-39(60)56-44(37)62)10-5-3-8-25-53-43(61)29-14-17-31(18-15-29)54-45(63)42-40(32-11-9-12-34(51)41(32)52)49(48(58(42)2)23-6-4-7-24-48)33-19-16-30(50)27-35(33)55-46(49)64/h9,11-20,26-27,37,40,42H,3-8,10,21-25H2,1-2H3,(H,53,61)(H,54,63)(H,55,64)(H,56,60,62)/t37?,40-,42+,49+/m0/s1. The summed E-state index contributed by atoms with van der Waals surface area (Å²) in [6.07, 6.45) is 7.54. The molecule has 0 radical (unpaired) electrons.